The summed E-state index contributed by atoms with van der Waals surface area (Å²) in [6, 6.07) is 0.550. The van der Waals surface area contributed by atoms with Crippen LogP contribution in [0.2, 0.25) is 0 Å². The van der Waals surface area contributed by atoms with Gasteiger partial charge in [-0.25, -0.2) is 0 Å². The van der Waals surface area contributed by atoms with E-state index in [9.17, 15) is 0 Å². The lowest BCUT2D eigenvalue weighted by Crippen LogP contribution is -2.45. The van der Waals surface area contributed by atoms with Crippen LogP contribution in [-0.2, 0) is 0 Å². The molecular weight excluding hydrogens is 212 g/mol. The van der Waals surface area contributed by atoms with E-state index in [0.717, 1.165) is 32.6 Å². The zero-order valence-corrected chi connectivity index (χ0v) is 12.4. The summed E-state index contributed by atoms with van der Waals surface area (Å²) < 4.78 is 0. The normalized spacial score (nSPS) is 15.5. The van der Waals surface area contributed by atoms with Gasteiger partial charge in [-0.05, 0) is 38.6 Å². The molecular formula is C14H32N2O. The van der Waals surface area contributed by atoms with Crippen molar-refractivity contribution in [3.05, 3.63) is 0 Å². The summed E-state index contributed by atoms with van der Waals surface area (Å²) in [7, 11) is 0. The van der Waals surface area contributed by atoms with Gasteiger partial charge in [0.1, 0.15) is 0 Å². The quantitative estimate of drug-likeness (QED) is 0.618. The number of hydrogen-bond acceptors (Lipinski definition) is 3. The van der Waals surface area contributed by atoms with Crippen LogP contribution in [0.15, 0.2) is 0 Å². The highest BCUT2D eigenvalue weighted by Gasteiger charge is 2.25. The Labute approximate surface area is 108 Å². The first-order valence-electron chi connectivity index (χ1n) is 7.04. The first-order chi connectivity index (χ1) is 7.99. The van der Waals surface area contributed by atoms with Gasteiger partial charge in [0.25, 0.3) is 0 Å². The second-order valence-corrected chi connectivity index (χ2v) is 5.59. The van der Waals surface area contributed by atoms with Gasteiger partial charge in [0.05, 0.1) is 0 Å². The third-order valence-electron chi connectivity index (χ3n) is 3.57. The van der Waals surface area contributed by atoms with Gasteiger partial charge in [0, 0.05) is 32.3 Å². The predicted molar refractivity (Wildman–Crippen MR) is 75.4 cm³/mol. The molecule has 104 valence electrons. The largest absolute Gasteiger partial charge is 0.396 e. The van der Waals surface area contributed by atoms with Crippen LogP contribution in [0.25, 0.3) is 0 Å². The van der Waals surface area contributed by atoms with E-state index >= 15 is 0 Å². The van der Waals surface area contributed by atoms with Crippen molar-refractivity contribution >= 4 is 0 Å². The maximum Gasteiger partial charge on any atom is 0.0443 e. The molecule has 0 spiro atoms. The molecule has 1 atom stereocenters. The molecule has 0 aliphatic carbocycles. The molecule has 0 fully saturated rings. The van der Waals surface area contributed by atoms with Crippen molar-refractivity contribution in [2.75, 3.05) is 32.8 Å². The van der Waals surface area contributed by atoms with E-state index in [2.05, 4.69) is 44.8 Å². The second-order valence-electron chi connectivity index (χ2n) is 5.59. The van der Waals surface area contributed by atoms with Crippen molar-refractivity contribution in [2.24, 2.45) is 5.41 Å². The summed E-state index contributed by atoms with van der Waals surface area (Å²) in [5, 5.41) is 12.4. The summed E-state index contributed by atoms with van der Waals surface area (Å²) in [5.41, 5.74) is 0.329. The van der Waals surface area contributed by atoms with E-state index < -0.39 is 0 Å². The zero-order chi connectivity index (χ0) is 13.3. The minimum absolute atomic E-state index is 0.291. The number of aliphatic hydroxyl groups excluding tert-OH is 1. The van der Waals surface area contributed by atoms with Crippen LogP contribution >= 0.6 is 0 Å². The molecule has 17 heavy (non-hydrogen) atoms. The molecule has 3 nitrogen and oxygen atoms in total. The van der Waals surface area contributed by atoms with Crippen molar-refractivity contribution < 1.29 is 5.11 Å². The summed E-state index contributed by atoms with van der Waals surface area (Å²) in [5.74, 6) is 0. The molecule has 2 N–H and O–H groups in total. The van der Waals surface area contributed by atoms with Gasteiger partial charge in [-0.2, -0.15) is 0 Å². The lowest BCUT2D eigenvalue weighted by Gasteiger charge is -2.37. The van der Waals surface area contributed by atoms with Crippen molar-refractivity contribution in [2.45, 2.75) is 53.5 Å². The van der Waals surface area contributed by atoms with Crippen molar-refractivity contribution in [1.29, 1.82) is 0 Å². The SMILES string of the molecule is CCNCC(C)(CC)CN(CCCO)C(C)C. The molecule has 0 bridgehead atoms. The standard InChI is InChI=1S/C14H32N2O/c1-6-14(5,11-15-7-2)12-16(13(3)4)9-8-10-17/h13,15,17H,6-12H2,1-5H3. The number of hydrogen-bond donors (Lipinski definition) is 2. The molecule has 0 aliphatic heterocycles. The minimum atomic E-state index is 0.291. The minimum Gasteiger partial charge on any atom is -0.396 e. The summed E-state index contributed by atoms with van der Waals surface area (Å²) in [6.07, 6.45) is 2.06. The molecule has 0 rings (SSSR count). The van der Waals surface area contributed by atoms with Crippen LogP contribution < -0.4 is 5.32 Å². The van der Waals surface area contributed by atoms with E-state index in [1.54, 1.807) is 0 Å². The Morgan fingerprint density at radius 3 is 2.35 bits per heavy atom. The Bertz CT molecular complexity index is 185. The zero-order valence-electron chi connectivity index (χ0n) is 12.4. The Kier molecular flexibility index (Phi) is 8.83. The Morgan fingerprint density at radius 1 is 1.29 bits per heavy atom. The molecule has 0 saturated carbocycles. The number of nitrogens with zero attached hydrogens (tertiary/aromatic N) is 1. The summed E-state index contributed by atoms with van der Waals surface area (Å²) in [6.45, 7) is 15.7. The molecule has 1 unspecified atom stereocenters. The number of nitrogens with one attached hydrogen (secondary N) is 1. The molecule has 0 aromatic heterocycles. The highest BCUT2D eigenvalue weighted by atomic mass is 16.3. The smallest absolute Gasteiger partial charge is 0.0443 e. The van der Waals surface area contributed by atoms with E-state index in [1.165, 1.54) is 6.42 Å². The topological polar surface area (TPSA) is 35.5 Å². The van der Waals surface area contributed by atoms with Crippen LogP contribution in [-0.4, -0.2) is 48.8 Å². The second kappa shape index (κ2) is 8.90. The van der Waals surface area contributed by atoms with Crippen molar-refractivity contribution in [3.63, 3.8) is 0 Å². The molecule has 0 heterocycles. The molecule has 0 radical (unpaired) electrons. The molecule has 0 aromatic carbocycles. The van der Waals surface area contributed by atoms with Crippen molar-refractivity contribution in [1.82, 2.24) is 10.2 Å². The number of rotatable bonds is 10. The monoisotopic (exact) mass is 244 g/mol. The maximum atomic E-state index is 8.95. The number of aliphatic hydroxyl groups is 1. The molecule has 0 amide bonds. The highest BCUT2D eigenvalue weighted by molar-refractivity contribution is 4.80. The first kappa shape index (κ1) is 16.9. The van der Waals surface area contributed by atoms with Gasteiger partial charge in [-0.15, -0.1) is 0 Å². The van der Waals surface area contributed by atoms with Gasteiger partial charge >= 0.3 is 0 Å². The maximum absolute atomic E-state index is 8.95. The van der Waals surface area contributed by atoms with Gasteiger partial charge in [0.2, 0.25) is 0 Å². The molecule has 0 aliphatic rings. The fourth-order valence-corrected chi connectivity index (χ4v) is 2.00. The van der Waals surface area contributed by atoms with Crippen LogP contribution in [0.5, 0.6) is 0 Å². The first-order valence-corrected chi connectivity index (χ1v) is 7.04. The third kappa shape index (κ3) is 7.02. The van der Waals surface area contributed by atoms with Crippen LogP contribution in [0.3, 0.4) is 0 Å². The van der Waals surface area contributed by atoms with Crippen LogP contribution in [0.1, 0.15) is 47.5 Å². The highest BCUT2D eigenvalue weighted by Crippen LogP contribution is 2.22. The van der Waals surface area contributed by atoms with Crippen molar-refractivity contribution in [3.8, 4) is 0 Å². The molecule has 0 saturated heterocycles. The molecule has 0 aromatic rings. The van der Waals surface area contributed by atoms with E-state index in [4.69, 9.17) is 5.11 Å². The van der Waals surface area contributed by atoms with Gasteiger partial charge in [-0.1, -0.05) is 20.8 Å². The fourth-order valence-electron chi connectivity index (χ4n) is 2.00. The van der Waals surface area contributed by atoms with Gasteiger partial charge < -0.3 is 15.3 Å². The van der Waals surface area contributed by atoms with E-state index in [0.29, 0.717) is 18.1 Å². The fraction of sp³-hybridized carbons (Fsp3) is 1.00. The van der Waals surface area contributed by atoms with Gasteiger partial charge in [0.15, 0.2) is 0 Å². The molecule has 3 heteroatoms. The van der Waals surface area contributed by atoms with E-state index in [1.807, 2.05) is 0 Å². The Morgan fingerprint density at radius 2 is 1.94 bits per heavy atom. The predicted octanol–water partition coefficient (Wildman–Crippen LogP) is 2.10. The lowest BCUT2D eigenvalue weighted by atomic mass is 9.86. The lowest BCUT2D eigenvalue weighted by molar-refractivity contribution is 0.118. The third-order valence-corrected chi connectivity index (χ3v) is 3.57. The Balaban J connectivity index is 4.35. The Hall–Kier alpha value is -0.120. The van der Waals surface area contributed by atoms with E-state index in [-0.39, 0.29) is 0 Å². The summed E-state index contributed by atoms with van der Waals surface area (Å²) >= 11 is 0. The van der Waals surface area contributed by atoms with Crippen LogP contribution in [0.4, 0.5) is 0 Å². The average molecular weight is 244 g/mol. The average Bonchev–Trinajstić information content (AvgIpc) is 2.31. The summed E-state index contributed by atoms with van der Waals surface area (Å²) in [4.78, 5) is 2.48. The van der Waals surface area contributed by atoms with Gasteiger partial charge in [-0.3, -0.25) is 0 Å². The van der Waals surface area contributed by atoms with Crippen LogP contribution in [0, 0.1) is 5.41 Å².